The summed E-state index contributed by atoms with van der Waals surface area (Å²) in [6.07, 6.45) is 0. The molecule has 2 aromatic carbocycles. The smallest absolute Gasteiger partial charge is 0.190 e. The van der Waals surface area contributed by atoms with Crippen LogP contribution in [-0.4, -0.2) is 28.5 Å². The molecule has 3 N–H and O–H groups in total. The summed E-state index contributed by atoms with van der Waals surface area (Å²) in [6, 6.07) is 17.1. The molecule has 164 valence electrons. The molecule has 8 heteroatoms. The second-order valence-corrected chi connectivity index (χ2v) is 8.54. The van der Waals surface area contributed by atoms with Crippen molar-refractivity contribution in [1.29, 1.82) is 5.26 Å². The van der Waals surface area contributed by atoms with Crippen molar-refractivity contribution in [2.75, 3.05) is 24.0 Å². The summed E-state index contributed by atoms with van der Waals surface area (Å²) in [5, 5.41) is 15.0. The van der Waals surface area contributed by atoms with E-state index in [-0.39, 0.29) is 0 Å². The summed E-state index contributed by atoms with van der Waals surface area (Å²) in [4.78, 5) is 9.26. The van der Waals surface area contributed by atoms with E-state index in [0.717, 1.165) is 28.3 Å². The van der Waals surface area contributed by atoms with Gasteiger partial charge in [0.2, 0.25) is 0 Å². The van der Waals surface area contributed by atoms with E-state index in [1.807, 2.05) is 55.5 Å². The molecule has 0 fully saturated rings. The molecule has 1 heterocycles. The first kappa shape index (κ1) is 23.1. The van der Waals surface area contributed by atoms with E-state index < -0.39 is 0 Å². The fourth-order valence-electron chi connectivity index (χ4n) is 2.82. The highest BCUT2D eigenvalue weighted by atomic mass is 32.2. The SMILES string of the molecule is COc1ccc(-c2nc(SCC(C)C)nc(N/N=C(/C)c3ccc(N)cc3)c2C#N)cc1. The zero-order chi connectivity index (χ0) is 23.1. The maximum atomic E-state index is 9.92. The molecule has 0 aliphatic carbocycles. The van der Waals surface area contributed by atoms with Crippen molar-refractivity contribution in [3.05, 3.63) is 59.7 Å². The van der Waals surface area contributed by atoms with Gasteiger partial charge in [0.25, 0.3) is 0 Å². The first-order valence-electron chi connectivity index (χ1n) is 10.2. The number of hydrogen-bond donors (Lipinski definition) is 2. The molecule has 0 saturated carbocycles. The lowest BCUT2D eigenvalue weighted by Gasteiger charge is -2.12. The topological polar surface area (TPSA) is 109 Å². The fraction of sp³-hybridized carbons (Fsp3) is 0.250. The Kier molecular flexibility index (Phi) is 7.68. The molecule has 0 spiro atoms. The van der Waals surface area contributed by atoms with Gasteiger partial charge in [0.1, 0.15) is 17.4 Å². The number of hydrazone groups is 1. The molecule has 0 radical (unpaired) electrons. The quantitative estimate of drug-likeness (QED) is 0.161. The third-order valence-corrected chi connectivity index (χ3v) is 5.84. The van der Waals surface area contributed by atoms with Crippen molar-refractivity contribution in [2.45, 2.75) is 25.9 Å². The van der Waals surface area contributed by atoms with Crippen molar-refractivity contribution in [3.63, 3.8) is 0 Å². The Balaban J connectivity index is 2.02. The van der Waals surface area contributed by atoms with Crippen LogP contribution in [0.3, 0.4) is 0 Å². The van der Waals surface area contributed by atoms with Gasteiger partial charge in [0.05, 0.1) is 18.5 Å². The van der Waals surface area contributed by atoms with Gasteiger partial charge in [0.15, 0.2) is 11.0 Å². The lowest BCUT2D eigenvalue weighted by Crippen LogP contribution is -2.06. The van der Waals surface area contributed by atoms with Gasteiger partial charge in [-0.1, -0.05) is 37.7 Å². The molecule has 3 rings (SSSR count). The minimum Gasteiger partial charge on any atom is -0.497 e. The zero-order valence-electron chi connectivity index (χ0n) is 18.6. The van der Waals surface area contributed by atoms with Crippen molar-refractivity contribution in [1.82, 2.24) is 9.97 Å². The van der Waals surface area contributed by atoms with Crippen LogP contribution >= 0.6 is 11.8 Å². The average Bonchev–Trinajstić information content (AvgIpc) is 2.81. The van der Waals surface area contributed by atoms with Crippen LogP contribution in [0.5, 0.6) is 5.75 Å². The van der Waals surface area contributed by atoms with E-state index in [2.05, 4.69) is 40.4 Å². The molecular formula is C24H26N6OS. The van der Waals surface area contributed by atoms with Gasteiger partial charge in [-0.3, -0.25) is 5.43 Å². The minimum atomic E-state index is 0.331. The Labute approximate surface area is 192 Å². The predicted octanol–water partition coefficient (Wildman–Crippen LogP) is 5.19. The highest BCUT2D eigenvalue weighted by Gasteiger charge is 2.17. The number of nitrogens with two attached hydrogens (primary N) is 1. The van der Waals surface area contributed by atoms with Crippen LogP contribution in [0.2, 0.25) is 0 Å². The molecule has 0 aliphatic rings. The number of ether oxygens (including phenoxy) is 1. The number of methoxy groups -OCH3 is 1. The molecule has 0 saturated heterocycles. The van der Waals surface area contributed by atoms with Gasteiger partial charge < -0.3 is 10.5 Å². The maximum absolute atomic E-state index is 9.92. The van der Waals surface area contributed by atoms with Gasteiger partial charge in [-0.05, 0) is 54.8 Å². The van der Waals surface area contributed by atoms with Gasteiger partial charge in [-0.2, -0.15) is 10.4 Å². The van der Waals surface area contributed by atoms with Crippen LogP contribution in [0.4, 0.5) is 11.5 Å². The molecule has 3 aromatic rings. The Morgan fingerprint density at radius 2 is 1.84 bits per heavy atom. The second-order valence-electron chi connectivity index (χ2n) is 7.55. The number of thioether (sulfide) groups is 1. The molecule has 0 bridgehead atoms. The van der Waals surface area contributed by atoms with Crippen LogP contribution in [0.15, 0.2) is 58.8 Å². The molecule has 1 aromatic heterocycles. The zero-order valence-corrected chi connectivity index (χ0v) is 19.4. The molecule has 0 unspecified atom stereocenters. The Hall–Kier alpha value is -3.57. The highest BCUT2D eigenvalue weighted by molar-refractivity contribution is 7.99. The van der Waals surface area contributed by atoms with Crippen molar-refractivity contribution < 1.29 is 4.74 Å². The first-order chi connectivity index (χ1) is 15.4. The monoisotopic (exact) mass is 446 g/mol. The standard InChI is InChI=1S/C24H26N6OS/c1-15(2)14-32-24-27-22(18-7-11-20(31-4)12-8-18)21(13-25)23(28-24)30-29-16(3)17-5-9-19(26)10-6-17/h5-12,15H,14,26H2,1-4H3,(H,27,28,30)/b29-16-. The van der Waals surface area contributed by atoms with Gasteiger partial charge in [-0.25, -0.2) is 9.97 Å². The van der Waals surface area contributed by atoms with E-state index in [1.165, 1.54) is 0 Å². The van der Waals surface area contributed by atoms with E-state index in [9.17, 15) is 5.26 Å². The summed E-state index contributed by atoms with van der Waals surface area (Å²) in [5.41, 5.74) is 12.8. The van der Waals surface area contributed by atoms with E-state index in [1.54, 1.807) is 18.9 Å². The number of anilines is 2. The van der Waals surface area contributed by atoms with Gasteiger partial charge >= 0.3 is 0 Å². The number of rotatable bonds is 8. The number of nitrogen functional groups attached to an aromatic ring is 1. The molecule has 32 heavy (non-hydrogen) atoms. The normalized spacial score (nSPS) is 11.3. The first-order valence-corrected chi connectivity index (χ1v) is 11.2. The number of nitrogens with one attached hydrogen (secondary N) is 1. The van der Waals surface area contributed by atoms with Crippen LogP contribution < -0.4 is 15.9 Å². The highest BCUT2D eigenvalue weighted by Crippen LogP contribution is 2.30. The lowest BCUT2D eigenvalue weighted by molar-refractivity contribution is 0.415. The fourth-order valence-corrected chi connectivity index (χ4v) is 3.61. The molecular weight excluding hydrogens is 420 g/mol. The molecule has 0 atom stereocenters. The number of nitriles is 1. The third-order valence-electron chi connectivity index (χ3n) is 4.57. The molecule has 7 nitrogen and oxygen atoms in total. The lowest BCUT2D eigenvalue weighted by atomic mass is 10.1. The van der Waals surface area contributed by atoms with E-state index >= 15 is 0 Å². The number of hydrogen-bond acceptors (Lipinski definition) is 8. The van der Waals surface area contributed by atoms with E-state index in [4.69, 9.17) is 10.5 Å². The predicted molar refractivity (Wildman–Crippen MR) is 131 cm³/mol. The summed E-state index contributed by atoms with van der Waals surface area (Å²) in [6.45, 7) is 6.16. The van der Waals surface area contributed by atoms with Gasteiger partial charge in [0, 0.05) is 17.0 Å². The Morgan fingerprint density at radius 3 is 2.44 bits per heavy atom. The van der Waals surface area contributed by atoms with Crippen molar-refractivity contribution in [2.24, 2.45) is 11.0 Å². The Bertz CT molecular complexity index is 1130. The van der Waals surface area contributed by atoms with Crippen molar-refractivity contribution >= 4 is 29.0 Å². The van der Waals surface area contributed by atoms with Crippen LogP contribution in [0.25, 0.3) is 11.3 Å². The van der Waals surface area contributed by atoms with Crippen LogP contribution in [-0.2, 0) is 0 Å². The molecule has 0 aliphatic heterocycles. The van der Waals surface area contributed by atoms with Crippen LogP contribution in [0.1, 0.15) is 31.9 Å². The maximum Gasteiger partial charge on any atom is 0.190 e. The summed E-state index contributed by atoms with van der Waals surface area (Å²) >= 11 is 1.55. The minimum absolute atomic E-state index is 0.331. The number of nitrogens with zero attached hydrogens (tertiary/aromatic N) is 4. The number of benzene rings is 2. The number of aromatic nitrogens is 2. The van der Waals surface area contributed by atoms with E-state index in [0.29, 0.717) is 33.8 Å². The van der Waals surface area contributed by atoms with Crippen molar-refractivity contribution in [3.8, 4) is 23.1 Å². The Morgan fingerprint density at radius 1 is 1.16 bits per heavy atom. The molecule has 0 amide bonds. The van der Waals surface area contributed by atoms with Crippen LogP contribution in [0, 0.1) is 17.2 Å². The third kappa shape index (κ3) is 5.77. The largest absolute Gasteiger partial charge is 0.497 e. The summed E-state index contributed by atoms with van der Waals surface area (Å²) in [5.74, 6) is 2.44. The second kappa shape index (κ2) is 10.6. The van der Waals surface area contributed by atoms with Gasteiger partial charge in [-0.15, -0.1) is 0 Å². The summed E-state index contributed by atoms with van der Waals surface area (Å²) < 4.78 is 5.25. The average molecular weight is 447 g/mol. The summed E-state index contributed by atoms with van der Waals surface area (Å²) in [7, 11) is 1.62.